The number of nitrogens with zero attached hydrogens (tertiary/aromatic N) is 2. The molecule has 7 nitrogen and oxygen atoms in total. The zero-order chi connectivity index (χ0) is 22.0. The predicted octanol–water partition coefficient (Wildman–Crippen LogP) is 4.11. The first-order valence-corrected chi connectivity index (χ1v) is 11.0. The third kappa shape index (κ3) is 4.29. The molecule has 160 valence electrons. The van der Waals surface area contributed by atoms with E-state index >= 15 is 0 Å². The Balaban J connectivity index is 1.88. The zero-order valence-corrected chi connectivity index (χ0v) is 17.9. The number of phenols is 1. The highest BCUT2D eigenvalue weighted by Gasteiger charge is 2.27. The van der Waals surface area contributed by atoms with Gasteiger partial charge in [0.15, 0.2) is 0 Å². The summed E-state index contributed by atoms with van der Waals surface area (Å²) in [6.45, 7) is 2.29. The first-order chi connectivity index (χ1) is 15.0. The second-order valence-corrected chi connectivity index (χ2v) is 8.64. The van der Waals surface area contributed by atoms with E-state index < -0.39 is 11.2 Å². The third-order valence-electron chi connectivity index (χ3n) is 5.21. The van der Waals surface area contributed by atoms with Gasteiger partial charge >= 0.3 is 5.69 Å². The summed E-state index contributed by atoms with van der Waals surface area (Å²) in [6.07, 6.45) is 1.87. The van der Waals surface area contributed by atoms with Gasteiger partial charge in [0.05, 0.1) is 11.4 Å². The van der Waals surface area contributed by atoms with Gasteiger partial charge < -0.3 is 10.2 Å². The number of hydrogen-bond donors (Lipinski definition) is 3. The molecule has 0 bridgehead atoms. The standard InChI is InChI=1S/C23H23N3O4S/c1-2-3-11-26-22(29)20(21(28)25-23(26)30)17-13-19(14-7-6-8-15(27)12-14)31-18-10-5-4-9-16(18)24-17/h4-10,12,19,27,29H,2-3,11,13H2,1H3,(H,25,28,30)/t19-/m1/s1. The minimum atomic E-state index is -0.659. The molecule has 0 spiro atoms. The van der Waals surface area contributed by atoms with Crippen LogP contribution in [0.2, 0.25) is 0 Å². The van der Waals surface area contributed by atoms with Gasteiger partial charge in [0.2, 0.25) is 5.88 Å². The van der Waals surface area contributed by atoms with Crippen molar-refractivity contribution in [1.82, 2.24) is 9.55 Å². The van der Waals surface area contributed by atoms with Crippen molar-refractivity contribution in [3.05, 3.63) is 80.5 Å². The summed E-state index contributed by atoms with van der Waals surface area (Å²) in [7, 11) is 0. The number of aromatic nitrogens is 2. The second kappa shape index (κ2) is 8.85. The summed E-state index contributed by atoms with van der Waals surface area (Å²) in [4.78, 5) is 33.0. The van der Waals surface area contributed by atoms with E-state index in [0.29, 0.717) is 30.8 Å². The number of nitrogens with one attached hydrogen (secondary N) is 1. The highest BCUT2D eigenvalue weighted by Crippen LogP contribution is 2.46. The lowest BCUT2D eigenvalue weighted by molar-refractivity contribution is 0.394. The fourth-order valence-electron chi connectivity index (χ4n) is 3.62. The molecule has 4 rings (SSSR count). The molecule has 0 saturated heterocycles. The number of aromatic hydroxyl groups is 2. The van der Waals surface area contributed by atoms with Gasteiger partial charge in [-0.05, 0) is 36.2 Å². The van der Waals surface area contributed by atoms with E-state index in [-0.39, 0.29) is 22.4 Å². The van der Waals surface area contributed by atoms with Crippen LogP contribution in [0.1, 0.15) is 42.6 Å². The number of rotatable bonds is 5. The lowest BCUT2D eigenvalue weighted by atomic mass is 10.0. The first-order valence-electron chi connectivity index (χ1n) is 10.2. The average Bonchev–Trinajstić information content (AvgIpc) is 2.93. The van der Waals surface area contributed by atoms with Crippen LogP contribution in [-0.2, 0) is 6.54 Å². The van der Waals surface area contributed by atoms with Crippen LogP contribution in [0.4, 0.5) is 5.69 Å². The average molecular weight is 438 g/mol. The van der Waals surface area contributed by atoms with Gasteiger partial charge in [0.1, 0.15) is 11.3 Å². The number of hydrogen-bond acceptors (Lipinski definition) is 6. The van der Waals surface area contributed by atoms with Crippen molar-refractivity contribution in [3.8, 4) is 11.6 Å². The van der Waals surface area contributed by atoms with Crippen molar-refractivity contribution in [2.24, 2.45) is 4.99 Å². The minimum absolute atomic E-state index is 0.0122. The quantitative estimate of drug-likeness (QED) is 0.557. The number of aromatic amines is 1. The Hall–Kier alpha value is -3.26. The molecule has 0 unspecified atom stereocenters. The van der Waals surface area contributed by atoms with Gasteiger partial charge in [-0.3, -0.25) is 19.3 Å². The molecule has 0 fully saturated rings. The summed E-state index contributed by atoms with van der Waals surface area (Å²) in [5.41, 5.74) is 0.689. The monoisotopic (exact) mass is 437 g/mol. The van der Waals surface area contributed by atoms with E-state index in [1.165, 1.54) is 4.57 Å². The molecular formula is C23H23N3O4S. The van der Waals surface area contributed by atoms with Crippen LogP contribution in [0.5, 0.6) is 11.6 Å². The molecule has 0 saturated carbocycles. The number of fused-ring (bicyclic) bond motifs is 1. The van der Waals surface area contributed by atoms with Crippen molar-refractivity contribution in [2.75, 3.05) is 0 Å². The summed E-state index contributed by atoms with van der Waals surface area (Å²) in [5.74, 6) is -0.206. The SMILES string of the molecule is CCCCn1c(O)c(C2=Nc3ccccc3S[C@@H](c3cccc(O)c3)C2)c(=O)[nH]c1=O. The summed E-state index contributed by atoms with van der Waals surface area (Å²) < 4.78 is 1.19. The molecule has 3 aromatic rings. The Morgan fingerprint density at radius 1 is 1.16 bits per heavy atom. The minimum Gasteiger partial charge on any atom is -0.508 e. The highest BCUT2D eigenvalue weighted by molar-refractivity contribution is 7.99. The number of H-pyrrole nitrogens is 1. The summed E-state index contributed by atoms with van der Waals surface area (Å²) in [6, 6.07) is 14.6. The van der Waals surface area contributed by atoms with E-state index in [9.17, 15) is 19.8 Å². The highest BCUT2D eigenvalue weighted by atomic mass is 32.2. The molecule has 0 amide bonds. The Kier molecular flexibility index (Phi) is 5.99. The Morgan fingerprint density at radius 3 is 2.74 bits per heavy atom. The molecule has 2 aromatic carbocycles. The van der Waals surface area contributed by atoms with Crippen molar-refractivity contribution < 1.29 is 10.2 Å². The van der Waals surface area contributed by atoms with E-state index in [1.54, 1.807) is 30.0 Å². The molecule has 3 N–H and O–H groups in total. The van der Waals surface area contributed by atoms with Crippen LogP contribution in [0.3, 0.4) is 0 Å². The molecule has 1 aliphatic rings. The van der Waals surface area contributed by atoms with Crippen LogP contribution in [0.25, 0.3) is 0 Å². The van der Waals surface area contributed by atoms with Gasteiger partial charge in [-0.2, -0.15) is 0 Å². The van der Waals surface area contributed by atoms with Gasteiger partial charge in [0.25, 0.3) is 5.56 Å². The maximum atomic E-state index is 12.8. The summed E-state index contributed by atoms with van der Waals surface area (Å²) in [5, 5.41) is 20.7. The van der Waals surface area contributed by atoms with Crippen LogP contribution in [-0.4, -0.2) is 25.5 Å². The van der Waals surface area contributed by atoms with Crippen molar-refractivity contribution in [2.45, 2.75) is 42.9 Å². The molecule has 8 heteroatoms. The van der Waals surface area contributed by atoms with Crippen LogP contribution < -0.4 is 11.2 Å². The predicted molar refractivity (Wildman–Crippen MR) is 122 cm³/mol. The summed E-state index contributed by atoms with van der Waals surface area (Å²) >= 11 is 1.58. The number of para-hydroxylation sites is 1. The van der Waals surface area contributed by atoms with E-state index in [4.69, 9.17) is 4.99 Å². The third-order valence-corrected chi connectivity index (χ3v) is 6.53. The molecule has 1 aliphatic heterocycles. The maximum absolute atomic E-state index is 12.8. The Morgan fingerprint density at radius 2 is 1.97 bits per heavy atom. The molecule has 0 aliphatic carbocycles. The lowest BCUT2D eigenvalue weighted by Gasteiger charge is -2.17. The van der Waals surface area contributed by atoms with Gasteiger partial charge in [-0.15, -0.1) is 11.8 Å². The van der Waals surface area contributed by atoms with Crippen molar-refractivity contribution in [3.63, 3.8) is 0 Å². The number of unbranched alkanes of at least 4 members (excludes halogenated alkanes) is 1. The molecule has 2 heterocycles. The fourth-order valence-corrected chi connectivity index (χ4v) is 4.85. The number of benzene rings is 2. The first kappa shape index (κ1) is 21.0. The van der Waals surface area contributed by atoms with Crippen LogP contribution in [0.15, 0.2) is 68.0 Å². The largest absolute Gasteiger partial charge is 0.508 e. The Labute approximate surface area is 183 Å². The van der Waals surface area contributed by atoms with E-state index in [0.717, 1.165) is 16.9 Å². The van der Waals surface area contributed by atoms with Crippen molar-refractivity contribution in [1.29, 1.82) is 0 Å². The number of thioether (sulfide) groups is 1. The topological polar surface area (TPSA) is 108 Å². The van der Waals surface area contributed by atoms with E-state index in [1.807, 2.05) is 37.3 Å². The fraction of sp³-hybridized carbons (Fsp3) is 0.261. The normalized spacial score (nSPS) is 15.8. The molecule has 1 atom stereocenters. The van der Waals surface area contributed by atoms with Crippen LogP contribution in [0, 0.1) is 0 Å². The zero-order valence-electron chi connectivity index (χ0n) is 17.0. The maximum Gasteiger partial charge on any atom is 0.331 e. The molecule has 0 radical (unpaired) electrons. The lowest BCUT2D eigenvalue weighted by Crippen LogP contribution is -2.34. The van der Waals surface area contributed by atoms with E-state index in [2.05, 4.69) is 4.98 Å². The Bertz CT molecular complexity index is 1260. The van der Waals surface area contributed by atoms with Crippen LogP contribution >= 0.6 is 11.8 Å². The molecule has 1 aromatic heterocycles. The molecule has 31 heavy (non-hydrogen) atoms. The van der Waals surface area contributed by atoms with Crippen molar-refractivity contribution >= 4 is 23.2 Å². The van der Waals surface area contributed by atoms with Gasteiger partial charge in [0, 0.05) is 23.1 Å². The molecular weight excluding hydrogens is 414 g/mol. The number of phenolic OH excluding ortho intramolecular Hbond substituents is 1. The second-order valence-electron chi connectivity index (χ2n) is 7.39. The number of aliphatic imine (C=N–C) groups is 1. The van der Waals surface area contributed by atoms with Gasteiger partial charge in [-0.1, -0.05) is 37.6 Å². The smallest absolute Gasteiger partial charge is 0.331 e. The van der Waals surface area contributed by atoms with Gasteiger partial charge in [-0.25, -0.2) is 4.79 Å².